The number of hydrogen-bond acceptors (Lipinski definition) is 5. The molecule has 122 valence electrons. The summed E-state index contributed by atoms with van der Waals surface area (Å²) in [5, 5.41) is 0.568. The molecule has 0 unspecified atom stereocenters. The summed E-state index contributed by atoms with van der Waals surface area (Å²) in [6.45, 7) is 7.20. The van der Waals surface area contributed by atoms with Crippen molar-refractivity contribution in [2.24, 2.45) is 0 Å². The number of esters is 1. The molecule has 0 bridgehead atoms. The number of hydrogen-bond donors (Lipinski definition) is 0. The van der Waals surface area contributed by atoms with E-state index in [9.17, 15) is 14.4 Å². The Labute approximate surface area is 134 Å². The summed E-state index contributed by atoms with van der Waals surface area (Å²) in [6, 6.07) is 4.61. The highest BCUT2D eigenvalue weighted by Crippen LogP contribution is 2.23. The number of rotatable bonds is 3. The minimum Gasteiger partial charge on any atom is -0.462 e. The highest BCUT2D eigenvalue weighted by molar-refractivity contribution is 6.04. The van der Waals surface area contributed by atoms with E-state index in [4.69, 9.17) is 9.47 Å². The summed E-state index contributed by atoms with van der Waals surface area (Å²) in [5.74, 6) is -0.547. The fourth-order valence-corrected chi connectivity index (χ4v) is 2.17. The first kappa shape index (κ1) is 16.7. The van der Waals surface area contributed by atoms with Crippen molar-refractivity contribution in [3.8, 4) is 0 Å². The van der Waals surface area contributed by atoms with Crippen LogP contribution in [0.5, 0.6) is 0 Å². The molecular formula is C17H19NO5. The van der Waals surface area contributed by atoms with Crippen LogP contribution in [0.2, 0.25) is 0 Å². The Morgan fingerprint density at radius 1 is 1.26 bits per heavy atom. The standard InChI is InChI=1S/C17H19NO5/c1-5-22-15(20)11-8-12(10-19)13-6-7-18(14(13)9-11)16(21)23-17(2,3)4/h6-10H,5H2,1-4H3. The van der Waals surface area contributed by atoms with E-state index in [0.29, 0.717) is 22.8 Å². The van der Waals surface area contributed by atoms with E-state index >= 15 is 0 Å². The van der Waals surface area contributed by atoms with Gasteiger partial charge < -0.3 is 9.47 Å². The van der Waals surface area contributed by atoms with E-state index < -0.39 is 17.7 Å². The zero-order valence-electron chi connectivity index (χ0n) is 13.6. The average Bonchev–Trinajstić information content (AvgIpc) is 2.88. The molecule has 0 radical (unpaired) electrons. The molecule has 0 saturated carbocycles. The van der Waals surface area contributed by atoms with Crippen LogP contribution in [0.25, 0.3) is 10.9 Å². The van der Waals surface area contributed by atoms with Crippen molar-refractivity contribution in [2.45, 2.75) is 33.3 Å². The van der Waals surface area contributed by atoms with Gasteiger partial charge in [0, 0.05) is 17.1 Å². The van der Waals surface area contributed by atoms with Gasteiger partial charge in [0.05, 0.1) is 17.7 Å². The van der Waals surface area contributed by atoms with E-state index in [1.54, 1.807) is 33.8 Å². The predicted octanol–water partition coefficient (Wildman–Crippen LogP) is 3.41. The number of benzene rings is 1. The quantitative estimate of drug-likeness (QED) is 0.640. The van der Waals surface area contributed by atoms with Crippen molar-refractivity contribution in [3.05, 3.63) is 35.5 Å². The molecule has 1 aromatic heterocycles. The van der Waals surface area contributed by atoms with Gasteiger partial charge in [-0.15, -0.1) is 0 Å². The first-order valence-electron chi connectivity index (χ1n) is 7.27. The van der Waals surface area contributed by atoms with E-state index in [1.165, 1.54) is 22.9 Å². The van der Waals surface area contributed by atoms with Crippen LogP contribution in [-0.4, -0.2) is 35.1 Å². The van der Waals surface area contributed by atoms with Gasteiger partial charge in [-0.1, -0.05) is 0 Å². The maximum atomic E-state index is 12.3. The average molecular weight is 317 g/mol. The van der Waals surface area contributed by atoms with Crippen molar-refractivity contribution in [2.75, 3.05) is 6.61 Å². The Balaban J connectivity index is 2.56. The lowest BCUT2D eigenvalue weighted by Gasteiger charge is -2.19. The van der Waals surface area contributed by atoms with Gasteiger partial charge in [0.2, 0.25) is 0 Å². The summed E-state index contributed by atoms with van der Waals surface area (Å²) in [5.41, 5.74) is 0.296. The Morgan fingerprint density at radius 2 is 1.96 bits per heavy atom. The van der Waals surface area contributed by atoms with Crippen LogP contribution in [-0.2, 0) is 9.47 Å². The number of nitrogens with zero attached hydrogens (tertiary/aromatic N) is 1. The first-order chi connectivity index (χ1) is 10.8. The molecule has 0 fully saturated rings. The van der Waals surface area contributed by atoms with Gasteiger partial charge in [-0.2, -0.15) is 0 Å². The maximum Gasteiger partial charge on any atom is 0.418 e. The molecule has 6 nitrogen and oxygen atoms in total. The third kappa shape index (κ3) is 3.59. The summed E-state index contributed by atoms with van der Waals surface area (Å²) in [4.78, 5) is 35.5. The van der Waals surface area contributed by atoms with E-state index in [2.05, 4.69) is 0 Å². The molecule has 0 aliphatic carbocycles. The topological polar surface area (TPSA) is 74.6 Å². The Bertz CT molecular complexity index is 767. The third-order valence-electron chi connectivity index (χ3n) is 3.07. The van der Waals surface area contributed by atoms with Gasteiger partial charge in [0.1, 0.15) is 5.60 Å². The van der Waals surface area contributed by atoms with Crippen molar-refractivity contribution in [1.29, 1.82) is 0 Å². The molecule has 1 heterocycles. The monoisotopic (exact) mass is 317 g/mol. The lowest BCUT2D eigenvalue weighted by molar-refractivity contribution is 0.0518. The fraction of sp³-hybridized carbons (Fsp3) is 0.353. The fourth-order valence-electron chi connectivity index (χ4n) is 2.17. The van der Waals surface area contributed by atoms with Crippen molar-refractivity contribution < 1.29 is 23.9 Å². The zero-order chi connectivity index (χ0) is 17.2. The number of ether oxygens (including phenoxy) is 2. The SMILES string of the molecule is CCOC(=O)c1cc(C=O)c2ccn(C(=O)OC(C)(C)C)c2c1. The molecule has 0 aliphatic heterocycles. The van der Waals surface area contributed by atoms with Gasteiger partial charge >= 0.3 is 12.1 Å². The zero-order valence-corrected chi connectivity index (χ0v) is 13.6. The van der Waals surface area contributed by atoms with Crippen molar-refractivity contribution in [3.63, 3.8) is 0 Å². The van der Waals surface area contributed by atoms with Crippen LogP contribution < -0.4 is 0 Å². The number of aldehydes is 1. The molecule has 0 N–H and O–H groups in total. The molecule has 0 spiro atoms. The molecule has 0 saturated heterocycles. The van der Waals surface area contributed by atoms with Crippen LogP contribution in [0, 0.1) is 0 Å². The van der Waals surface area contributed by atoms with Gasteiger partial charge in [0.25, 0.3) is 0 Å². The van der Waals surface area contributed by atoms with E-state index in [1.807, 2.05) is 0 Å². The smallest absolute Gasteiger partial charge is 0.418 e. The third-order valence-corrected chi connectivity index (χ3v) is 3.07. The number of carbonyl (C=O) groups is 3. The van der Waals surface area contributed by atoms with Crippen LogP contribution >= 0.6 is 0 Å². The van der Waals surface area contributed by atoms with E-state index in [0.717, 1.165) is 0 Å². The molecule has 0 atom stereocenters. The summed E-state index contributed by atoms with van der Waals surface area (Å²) < 4.78 is 11.6. The Morgan fingerprint density at radius 3 is 2.52 bits per heavy atom. The molecule has 2 rings (SSSR count). The van der Waals surface area contributed by atoms with Gasteiger partial charge in [-0.3, -0.25) is 9.36 Å². The highest BCUT2D eigenvalue weighted by atomic mass is 16.6. The second kappa shape index (κ2) is 6.24. The number of fused-ring (bicyclic) bond motifs is 1. The van der Waals surface area contributed by atoms with Gasteiger partial charge in [-0.05, 0) is 45.9 Å². The maximum absolute atomic E-state index is 12.3. The Kier molecular flexibility index (Phi) is 4.54. The minimum absolute atomic E-state index is 0.213. The molecule has 0 aliphatic rings. The van der Waals surface area contributed by atoms with Crippen LogP contribution in [0.1, 0.15) is 48.4 Å². The minimum atomic E-state index is -0.653. The molecule has 2 aromatic rings. The number of aromatic nitrogens is 1. The van der Waals surface area contributed by atoms with Crippen molar-refractivity contribution >= 4 is 29.3 Å². The van der Waals surface area contributed by atoms with E-state index in [-0.39, 0.29) is 12.2 Å². The summed E-state index contributed by atoms with van der Waals surface area (Å²) in [6.07, 6.45) is 1.58. The molecule has 0 amide bonds. The molecular weight excluding hydrogens is 298 g/mol. The normalized spacial score (nSPS) is 11.3. The molecule has 6 heteroatoms. The van der Waals surface area contributed by atoms with Crippen LogP contribution in [0.4, 0.5) is 4.79 Å². The molecule has 1 aromatic carbocycles. The second-order valence-electron chi connectivity index (χ2n) is 6.00. The van der Waals surface area contributed by atoms with Crippen LogP contribution in [0.15, 0.2) is 24.4 Å². The molecule has 23 heavy (non-hydrogen) atoms. The van der Waals surface area contributed by atoms with Gasteiger partial charge in [-0.25, -0.2) is 9.59 Å². The Hall–Kier alpha value is -2.63. The highest BCUT2D eigenvalue weighted by Gasteiger charge is 2.21. The number of carbonyl (C=O) groups excluding carboxylic acids is 3. The lowest BCUT2D eigenvalue weighted by Crippen LogP contribution is -2.26. The van der Waals surface area contributed by atoms with Gasteiger partial charge in [0.15, 0.2) is 6.29 Å². The predicted molar refractivity (Wildman–Crippen MR) is 84.9 cm³/mol. The second-order valence-corrected chi connectivity index (χ2v) is 6.00. The van der Waals surface area contributed by atoms with Crippen LogP contribution in [0.3, 0.4) is 0 Å². The largest absolute Gasteiger partial charge is 0.462 e. The first-order valence-corrected chi connectivity index (χ1v) is 7.27. The summed E-state index contributed by atoms with van der Waals surface area (Å²) >= 11 is 0. The van der Waals surface area contributed by atoms with Crippen molar-refractivity contribution in [1.82, 2.24) is 4.57 Å². The summed E-state index contributed by atoms with van der Waals surface area (Å²) in [7, 11) is 0. The lowest BCUT2D eigenvalue weighted by atomic mass is 10.1.